The molecule has 14 heavy (non-hydrogen) atoms. The summed E-state index contributed by atoms with van der Waals surface area (Å²) in [6.45, 7) is 3.73. The Labute approximate surface area is 98.4 Å². The van der Waals surface area contributed by atoms with Gasteiger partial charge in [-0.15, -0.1) is 17.9 Å². The van der Waals surface area contributed by atoms with Crippen molar-refractivity contribution < 1.29 is 0 Å². The molecule has 0 spiro atoms. The predicted octanol–water partition coefficient (Wildman–Crippen LogP) is 4.13. The molecule has 0 aliphatic rings. The van der Waals surface area contributed by atoms with Crippen LogP contribution >= 0.6 is 27.3 Å². The van der Waals surface area contributed by atoms with Gasteiger partial charge in [0, 0.05) is 10.9 Å². The first-order chi connectivity index (χ1) is 6.77. The van der Waals surface area contributed by atoms with Crippen LogP contribution in [0.1, 0.15) is 30.2 Å². The molecule has 1 atom stereocenters. The summed E-state index contributed by atoms with van der Waals surface area (Å²) in [5.41, 5.74) is 0. The smallest absolute Gasteiger partial charge is 0.0701 e. The van der Waals surface area contributed by atoms with E-state index in [2.05, 4.69) is 40.0 Å². The summed E-state index contributed by atoms with van der Waals surface area (Å²) in [6, 6.07) is 4.79. The third-order valence-electron chi connectivity index (χ3n) is 2.19. The molecule has 1 aromatic heterocycles. The summed E-state index contributed by atoms with van der Waals surface area (Å²) >= 11 is 5.29. The third-order valence-corrected chi connectivity index (χ3v) is 3.92. The zero-order valence-electron chi connectivity index (χ0n) is 8.42. The molecule has 0 amide bonds. The maximum Gasteiger partial charge on any atom is 0.0701 e. The van der Waals surface area contributed by atoms with Crippen molar-refractivity contribution in [1.29, 1.82) is 0 Å². The molecule has 1 heterocycles. The summed E-state index contributed by atoms with van der Waals surface area (Å²) in [6.07, 6.45) is 5.46. The molecule has 0 aliphatic carbocycles. The fourth-order valence-electron chi connectivity index (χ4n) is 1.41. The molecule has 0 fully saturated rings. The molecule has 1 aromatic rings. The molecule has 0 saturated carbocycles. The molecule has 0 saturated heterocycles. The van der Waals surface area contributed by atoms with Crippen molar-refractivity contribution in [3.8, 4) is 0 Å². The molecular formula is C11H16BrNS. The topological polar surface area (TPSA) is 12.0 Å². The van der Waals surface area contributed by atoms with Crippen LogP contribution in [-0.2, 0) is 0 Å². The van der Waals surface area contributed by atoms with Gasteiger partial charge in [-0.2, -0.15) is 0 Å². The van der Waals surface area contributed by atoms with Gasteiger partial charge in [-0.1, -0.05) is 6.08 Å². The number of nitrogens with one attached hydrogen (secondary N) is 1. The Kier molecular flexibility index (Phi) is 5.45. The Morgan fingerprint density at radius 2 is 2.43 bits per heavy atom. The summed E-state index contributed by atoms with van der Waals surface area (Å²) in [7, 11) is 2.02. The van der Waals surface area contributed by atoms with E-state index in [0.717, 1.165) is 6.42 Å². The van der Waals surface area contributed by atoms with Gasteiger partial charge in [0.15, 0.2) is 0 Å². The van der Waals surface area contributed by atoms with Gasteiger partial charge in [0.25, 0.3) is 0 Å². The van der Waals surface area contributed by atoms with Crippen LogP contribution in [0.3, 0.4) is 0 Å². The van der Waals surface area contributed by atoms with Crippen LogP contribution in [0, 0.1) is 0 Å². The molecular weight excluding hydrogens is 258 g/mol. The van der Waals surface area contributed by atoms with Gasteiger partial charge in [0.1, 0.15) is 0 Å². The van der Waals surface area contributed by atoms with Crippen LogP contribution in [0.4, 0.5) is 0 Å². The van der Waals surface area contributed by atoms with Gasteiger partial charge in [0.05, 0.1) is 3.79 Å². The third kappa shape index (κ3) is 3.56. The predicted molar refractivity (Wildman–Crippen MR) is 67.9 cm³/mol. The fraction of sp³-hybridized carbons (Fsp3) is 0.455. The van der Waals surface area contributed by atoms with Crippen molar-refractivity contribution >= 4 is 27.3 Å². The second-order valence-electron chi connectivity index (χ2n) is 3.20. The average molecular weight is 274 g/mol. The van der Waals surface area contributed by atoms with E-state index in [1.165, 1.54) is 21.5 Å². The largest absolute Gasteiger partial charge is 0.312 e. The van der Waals surface area contributed by atoms with Gasteiger partial charge in [0.2, 0.25) is 0 Å². The van der Waals surface area contributed by atoms with Crippen molar-refractivity contribution in [3.63, 3.8) is 0 Å². The van der Waals surface area contributed by atoms with Crippen LogP contribution in [0.25, 0.3) is 0 Å². The van der Waals surface area contributed by atoms with E-state index in [1.54, 1.807) is 11.3 Å². The van der Waals surface area contributed by atoms with Crippen molar-refractivity contribution in [2.24, 2.45) is 0 Å². The van der Waals surface area contributed by atoms with E-state index in [4.69, 9.17) is 0 Å². The number of rotatable bonds is 6. The molecule has 0 bridgehead atoms. The van der Waals surface area contributed by atoms with E-state index in [0.29, 0.717) is 6.04 Å². The molecule has 1 rings (SSSR count). The summed E-state index contributed by atoms with van der Waals surface area (Å²) in [4.78, 5) is 1.41. The van der Waals surface area contributed by atoms with Crippen molar-refractivity contribution in [2.45, 2.75) is 25.3 Å². The van der Waals surface area contributed by atoms with Gasteiger partial charge >= 0.3 is 0 Å². The van der Waals surface area contributed by atoms with Crippen LogP contribution in [0.5, 0.6) is 0 Å². The molecule has 1 nitrogen and oxygen atoms in total. The maximum atomic E-state index is 3.73. The zero-order valence-corrected chi connectivity index (χ0v) is 10.8. The number of hydrogen-bond acceptors (Lipinski definition) is 2. The monoisotopic (exact) mass is 273 g/mol. The zero-order chi connectivity index (χ0) is 10.4. The Bertz CT molecular complexity index is 283. The van der Waals surface area contributed by atoms with E-state index >= 15 is 0 Å². The molecule has 78 valence electrons. The lowest BCUT2D eigenvalue weighted by atomic mass is 10.1. The number of hydrogen-bond donors (Lipinski definition) is 1. The van der Waals surface area contributed by atoms with E-state index in [9.17, 15) is 0 Å². The first kappa shape index (κ1) is 12.0. The lowest BCUT2D eigenvalue weighted by Crippen LogP contribution is -2.14. The minimum absolute atomic E-state index is 0.492. The highest BCUT2D eigenvalue weighted by Gasteiger charge is 2.10. The highest BCUT2D eigenvalue weighted by atomic mass is 79.9. The standard InChI is InChI=1S/C11H16BrNS/c1-3-4-5-6-9(13-2)10-7-8-11(12)14-10/h3,7-9,13H,1,4-6H2,2H3. The first-order valence-electron chi connectivity index (χ1n) is 4.81. The number of unbranched alkanes of at least 4 members (excludes halogenated alkanes) is 1. The second kappa shape index (κ2) is 6.38. The maximum absolute atomic E-state index is 3.73. The number of halogens is 1. The van der Waals surface area contributed by atoms with E-state index < -0.39 is 0 Å². The highest BCUT2D eigenvalue weighted by Crippen LogP contribution is 2.29. The molecule has 0 aliphatic heterocycles. The Hall–Kier alpha value is -0.120. The van der Waals surface area contributed by atoms with E-state index in [-0.39, 0.29) is 0 Å². The summed E-state index contributed by atoms with van der Waals surface area (Å²) in [5, 5.41) is 3.35. The lowest BCUT2D eigenvalue weighted by molar-refractivity contribution is 0.538. The minimum Gasteiger partial charge on any atom is -0.312 e. The fourth-order valence-corrected chi connectivity index (χ4v) is 2.98. The van der Waals surface area contributed by atoms with Crippen LogP contribution in [0.2, 0.25) is 0 Å². The first-order valence-corrected chi connectivity index (χ1v) is 6.42. The molecule has 1 N–H and O–H groups in total. The van der Waals surface area contributed by atoms with Crippen molar-refractivity contribution in [1.82, 2.24) is 5.32 Å². The van der Waals surface area contributed by atoms with Gasteiger partial charge in [-0.3, -0.25) is 0 Å². The summed E-state index contributed by atoms with van der Waals surface area (Å²) < 4.78 is 1.21. The Morgan fingerprint density at radius 1 is 1.64 bits per heavy atom. The lowest BCUT2D eigenvalue weighted by Gasteiger charge is -2.13. The van der Waals surface area contributed by atoms with Gasteiger partial charge in [-0.25, -0.2) is 0 Å². The normalized spacial score (nSPS) is 12.7. The minimum atomic E-state index is 0.492. The number of allylic oxidation sites excluding steroid dienone is 1. The summed E-state index contributed by atoms with van der Waals surface area (Å²) in [5.74, 6) is 0. The van der Waals surface area contributed by atoms with Crippen molar-refractivity contribution in [2.75, 3.05) is 7.05 Å². The Balaban J connectivity index is 2.49. The molecule has 3 heteroatoms. The second-order valence-corrected chi connectivity index (χ2v) is 5.70. The van der Waals surface area contributed by atoms with Crippen molar-refractivity contribution in [3.05, 3.63) is 33.5 Å². The average Bonchev–Trinajstić information content (AvgIpc) is 2.60. The SMILES string of the molecule is C=CCCCC(NC)c1ccc(Br)s1. The van der Waals surface area contributed by atoms with Crippen LogP contribution in [-0.4, -0.2) is 7.05 Å². The molecule has 0 aromatic carbocycles. The quantitative estimate of drug-likeness (QED) is 0.607. The van der Waals surface area contributed by atoms with Gasteiger partial charge in [-0.05, 0) is 54.4 Å². The van der Waals surface area contributed by atoms with Crippen LogP contribution < -0.4 is 5.32 Å². The highest BCUT2D eigenvalue weighted by molar-refractivity contribution is 9.11. The van der Waals surface area contributed by atoms with E-state index in [1.807, 2.05) is 13.1 Å². The molecule has 1 unspecified atom stereocenters. The van der Waals surface area contributed by atoms with Crippen LogP contribution in [0.15, 0.2) is 28.6 Å². The Morgan fingerprint density at radius 3 is 2.93 bits per heavy atom. The number of thiophene rings is 1. The molecule has 0 radical (unpaired) electrons. The van der Waals surface area contributed by atoms with Gasteiger partial charge < -0.3 is 5.32 Å².